The number of aliphatic carboxylic acids is 1. The van der Waals surface area contributed by atoms with E-state index in [0.29, 0.717) is 11.1 Å². The third-order valence-corrected chi connectivity index (χ3v) is 2.72. The summed E-state index contributed by atoms with van der Waals surface area (Å²) in [6.07, 6.45) is 1.50. The van der Waals surface area contributed by atoms with Crippen LogP contribution in [0.25, 0.3) is 10.8 Å². The Bertz CT molecular complexity index is 655. The van der Waals surface area contributed by atoms with Crippen LogP contribution in [0.2, 0.25) is 0 Å². The smallest absolute Gasteiger partial charge is 0.325 e. The van der Waals surface area contributed by atoms with Crippen molar-refractivity contribution >= 4 is 28.3 Å². The van der Waals surface area contributed by atoms with Crippen molar-refractivity contribution in [3.63, 3.8) is 0 Å². The fourth-order valence-electron chi connectivity index (χ4n) is 1.69. The van der Waals surface area contributed by atoms with Crippen LogP contribution in [0.5, 0.6) is 0 Å². The van der Waals surface area contributed by atoms with Crippen molar-refractivity contribution in [2.75, 3.05) is 5.73 Å². The number of nitrogen functional groups attached to an aromatic ring is 1. The molecule has 6 nitrogen and oxygen atoms in total. The van der Waals surface area contributed by atoms with Gasteiger partial charge in [0.05, 0.1) is 0 Å². The highest BCUT2D eigenvalue weighted by Gasteiger charge is 2.18. The van der Waals surface area contributed by atoms with E-state index in [4.69, 9.17) is 10.8 Å². The molecule has 1 atom stereocenters. The molecule has 0 aliphatic heterocycles. The number of benzene rings is 1. The number of amides is 1. The Hall–Kier alpha value is -2.63. The number of hydrogen-bond donors (Lipinski definition) is 3. The second kappa shape index (κ2) is 4.93. The van der Waals surface area contributed by atoms with Gasteiger partial charge >= 0.3 is 5.97 Å². The molecule has 0 bridgehead atoms. The Morgan fingerprint density at radius 3 is 2.79 bits per heavy atom. The minimum atomic E-state index is -1.10. The first-order valence-corrected chi connectivity index (χ1v) is 5.67. The normalized spacial score (nSPS) is 12.1. The first-order chi connectivity index (χ1) is 8.99. The quantitative estimate of drug-likeness (QED) is 0.714. The third-order valence-electron chi connectivity index (χ3n) is 2.72. The van der Waals surface area contributed by atoms with Gasteiger partial charge in [0.25, 0.3) is 5.91 Å². The number of hydrogen-bond acceptors (Lipinski definition) is 4. The Kier molecular flexibility index (Phi) is 3.33. The Morgan fingerprint density at radius 1 is 1.37 bits per heavy atom. The van der Waals surface area contributed by atoms with Crippen LogP contribution in [0.4, 0.5) is 5.69 Å². The number of carboxylic acid groups (broad SMARTS) is 1. The molecule has 6 heteroatoms. The third kappa shape index (κ3) is 2.62. The molecule has 98 valence electrons. The molecule has 0 saturated carbocycles. The molecule has 0 spiro atoms. The molecule has 1 amide bonds. The van der Waals surface area contributed by atoms with Crippen LogP contribution in [0, 0.1) is 0 Å². The maximum Gasteiger partial charge on any atom is 0.325 e. The van der Waals surface area contributed by atoms with E-state index in [-0.39, 0.29) is 5.69 Å². The summed E-state index contributed by atoms with van der Waals surface area (Å²) in [6.45, 7) is 1.39. The summed E-state index contributed by atoms with van der Waals surface area (Å²) >= 11 is 0. The average Bonchev–Trinajstić information content (AvgIpc) is 2.37. The molecule has 1 heterocycles. The number of carboxylic acids is 1. The van der Waals surface area contributed by atoms with Crippen molar-refractivity contribution in [3.05, 3.63) is 36.2 Å². The molecule has 1 unspecified atom stereocenters. The van der Waals surface area contributed by atoms with Crippen LogP contribution < -0.4 is 11.1 Å². The van der Waals surface area contributed by atoms with Crippen molar-refractivity contribution in [3.8, 4) is 0 Å². The number of carbonyl (C=O) groups is 2. The summed E-state index contributed by atoms with van der Waals surface area (Å²) in [4.78, 5) is 26.7. The first-order valence-electron chi connectivity index (χ1n) is 5.67. The van der Waals surface area contributed by atoms with Gasteiger partial charge < -0.3 is 16.2 Å². The molecule has 1 aromatic heterocycles. The lowest BCUT2D eigenvalue weighted by Crippen LogP contribution is -2.38. The van der Waals surface area contributed by atoms with Crippen molar-refractivity contribution < 1.29 is 14.7 Å². The molecule has 1 aromatic carbocycles. The molecule has 2 rings (SSSR count). The number of nitrogens with zero attached hydrogens (tertiary/aromatic N) is 1. The minimum Gasteiger partial charge on any atom is -0.480 e. The largest absolute Gasteiger partial charge is 0.480 e. The second-order valence-electron chi connectivity index (χ2n) is 4.17. The van der Waals surface area contributed by atoms with Crippen molar-refractivity contribution in [2.24, 2.45) is 0 Å². The van der Waals surface area contributed by atoms with Crippen molar-refractivity contribution in [2.45, 2.75) is 13.0 Å². The van der Waals surface area contributed by atoms with E-state index in [9.17, 15) is 9.59 Å². The fraction of sp³-hybridized carbons (Fsp3) is 0.154. The standard InChI is InChI=1S/C13H13N3O3/c1-7(13(18)19)16-12(17)11-10-6-9(14)3-2-8(10)4-5-15-11/h2-7H,14H2,1H3,(H,16,17)(H,18,19). The van der Waals surface area contributed by atoms with E-state index in [1.54, 1.807) is 24.3 Å². The average molecular weight is 259 g/mol. The van der Waals surface area contributed by atoms with Crippen LogP contribution in [0.1, 0.15) is 17.4 Å². The summed E-state index contributed by atoms with van der Waals surface area (Å²) in [5.74, 6) is -1.64. The number of carbonyl (C=O) groups excluding carboxylic acids is 1. The molecule has 0 radical (unpaired) electrons. The van der Waals surface area contributed by atoms with E-state index in [2.05, 4.69) is 10.3 Å². The highest BCUT2D eigenvalue weighted by Crippen LogP contribution is 2.19. The van der Waals surface area contributed by atoms with Gasteiger partial charge in [0.1, 0.15) is 11.7 Å². The van der Waals surface area contributed by atoms with E-state index >= 15 is 0 Å². The first kappa shape index (κ1) is 12.8. The van der Waals surface area contributed by atoms with Gasteiger partial charge in [-0.25, -0.2) is 0 Å². The number of pyridine rings is 1. The molecule has 2 aromatic rings. The lowest BCUT2D eigenvalue weighted by Gasteiger charge is -2.10. The van der Waals surface area contributed by atoms with Crippen molar-refractivity contribution in [1.29, 1.82) is 0 Å². The molecule has 0 fully saturated rings. The van der Waals surface area contributed by atoms with Crippen molar-refractivity contribution in [1.82, 2.24) is 10.3 Å². The highest BCUT2D eigenvalue weighted by atomic mass is 16.4. The molecule has 0 aliphatic rings. The van der Waals surface area contributed by atoms with Crippen LogP contribution in [-0.4, -0.2) is 28.0 Å². The number of nitrogens with two attached hydrogens (primary N) is 1. The zero-order valence-electron chi connectivity index (χ0n) is 10.3. The molecule has 4 N–H and O–H groups in total. The zero-order valence-corrected chi connectivity index (χ0v) is 10.3. The van der Waals surface area contributed by atoms with Gasteiger partial charge in [-0.2, -0.15) is 0 Å². The van der Waals surface area contributed by atoms with E-state index in [1.165, 1.54) is 13.1 Å². The molecule has 0 aliphatic carbocycles. The van der Waals surface area contributed by atoms with Gasteiger partial charge in [-0.05, 0) is 30.5 Å². The Balaban J connectivity index is 2.42. The van der Waals surface area contributed by atoms with Gasteiger partial charge in [-0.15, -0.1) is 0 Å². The predicted octanol–water partition coefficient (Wildman–Crippen LogP) is 1.02. The van der Waals surface area contributed by atoms with Crippen LogP contribution in [0.15, 0.2) is 30.5 Å². The lowest BCUT2D eigenvalue weighted by molar-refractivity contribution is -0.138. The number of anilines is 1. The van der Waals surface area contributed by atoms with Gasteiger partial charge in [-0.1, -0.05) is 6.07 Å². The summed E-state index contributed by atoms with van der Waals surface area (Å²) in [6, 6.07) is 5.92. The molecule has 0 saturated heterocycles. The van der Waals surface area contributed by atoms with E-state index in [0.717, 1.165) is 5.39 Å². The monoisotopic (exact) mass is 259 g/mol. The second-order valence-corrected chi connectivity index (χ2v) is 4.17. The van der Waals surface area contributed by atoms with E-state index in [1.807, 2.05) is 0 Å². The lowest BCUT2D eigenvalue weighted by atomic mass is 10.1. The van der Waals surface area contributed by atoms with E-state index < -0.39 is 17.9 Å². The molecular weight excluding hydrogens is 246 g/mol. The summed E-state index contributed by atoms with van der Waals surface area (Å²) in [5, 5.41) is 12.6. The number of rotatable bonds is 3. The molecular formula is C13H13N3O3. The number of aromatic nitrogens is 1. The summed E-state index contributed by atoms with van der Waals surface area (Å²) in [5.41, 5.74) is 6.37. The van der Waals surface area contributed by atoms with Gasteiger partial charge in [-0.3, -0.25) is 14.6 Å². The zero-order chi connectivity index (χ0) is 14.0. The van der Waals surface area contributed by atoms with Crippen LogP contribution in [-0.2, 0) is 4.79 Å². The maximum absolute atomic E-state index is 12.0. The Labute approximate surface area is 109 Å². The van der Waals surface area contributed by atoms with Gasteiger partial charge in [0.15, 0.2) is 0 Å². The van der Waals surface area contributed by atoms with Gasteiger partial charge in [0, 0.05) is 17.3 Å². The predicted molar refractivity (Wildman–Crippen MR) is 70.7 cm³/mol. The number of nitrogens with one attached hydrogen (secondary N) is 1. The molecule has 19 heavy (non-hydrogen) atoms. The highest BCUT2D eigenvalue weighted by molar-refractivity contribution is 6.06. The van der Waals surface area contributed by atoms with Crippen LogP contribution in [0.3, 0.4) is 0 Å². The summed E-state index contributed by atoms with van der Waals surface area (Å²) < 4.78 is 0. The number of fused-ring (bicyclic) bond motifs is 1. The maximum atomic E-state index is 12.0. The Morgan fingerprint density at radius 2 is 2.11 bits per heavy atom. The SMILES string of the molecule is CC(NC(=O)c1nccc2ccc(N)cc12)C(=O)O. The fourth-order valence-corrected chi connectivity index (χ4v) is 1.69. The van der Waals surface area contributed by atoms with Crippen LogP contribution >= 0.6 is 0 Å². The summed E-state index contributed by atoms with van der Waals surface area (Å²) in [7, 11) is 0. The van der Waals surface area contributed by atoms with Gasteiger partial charge in [0.2, 0.25) is 0 Å². The topological polar surface area (TPSA) is 105 Å². The minimum absolute atomic E-state index is 0.165.